The highest BCUT2D eigenvalue weighted by atomic mass is 35.5. The third-order valence-corrected chi connectivity index (χ3v) is 3.53. The lowest BCUT2D eigenvalue weighted by Crippen LogP contribution is -2.33. The SMILES string of the molecule is COCCNCCNC(=O)c1ccc(-c2cc(F)c(F)c(F)c2)cc1.Cl. The topological polar surface area (TPSA) is 50.4 Å². The van der Waals surface area contributed by atoms with Gasteiger partial charge in [-0.25, -0.2) is 13.2 Å². The molecule has 2 rings (SSSR count). The van der Waals surface area contributed by atoms with Gasteiger partial charge in [0.2, 0.25) is 0 Å². The van der Waals surface area contributed by atoms with Crippen molar-refractivity contribution in [2.24, 2.45) is 0 Å². The second-order valence-corrected chi connectivity index (χ2v) is 5.33. The van der Waals surface area contributed by atoms with Crippen LogP contribution in [0.1, 0.15) is 10.4 Å². The van der Waals surface area contributed by atoms with Gasteiger partial charge < -0.3 is 15.4 Å². The molecule has 142 valence electrons. The molecule has 0 saturated carbocycles. The number of amides is 1. The van der Waals surface area contributed by atoms with Gasteiger partial charge in [0, 0.05) is 32.3 Å². The van der Waals surface area contributed by atoms with E-state index in [9.17, 15) is 18.0 Å². The molecule has 4 nitrogen and oxygen atoms in total. The van der Waals surface area contributed by atoms with E-state index in [0.29, 0.717) is 37.4 Å². The van der Waals surface area contributed by atoms with Gasteiger partial charge in [-0.05, 0) is 35.4 Å². The molecule has 0 unspecified atom stereocenters. The van der Waals surface area contributed by atoms with Crippen molar-refractivity contribution in [2.45, 2.75) is 0 Å². The van der Waals surface area contributed by atoms with Crippen molar-refractivity contribution in [1.29, 1.82) is 0 Å². The Bertz CT molecular complexity index is 704. The lowest BCUT2D eigenvalue weighted by molar-refractivity contribution is 0.0953. The lowest BCUT2D eigenvalue weighted by atomic mass is 10.0. The molecule has 2 aromatic rings. The van der Waals surface area contributed by atoms with Gasteiger partial charge in [0.05, 0.1) is 6.61 Å². The Balaban J connectivity index is 0.00000338. The van der Waals surface area contributed by atoms with Crippen molar-refractivity contribution in [3.8, 4) is 11.1 Å². The summed E-state index contributed by atoms with van der Waals surface area (Å²) in [4.78, 5) is 12.0. The monoisotopic (exact) mass is 388 g/mol. The van der Waals surface area contributed by atoms with Crippen LogP contribution in [0.5, 0.6) is 0 Å². The van der Waals surface area contributed by atoms with E-state index in [-0.39, 0.29) is 23.9 Å². The number of rotatable bonds is 8. The maximum Gasteiger partial charge on any atom is 0.251 e. The van der Waals surface area contributed by atoms with Gasteiger partial charge in [-0.15, -0.1) is 12.4 Å². The van der Waals surface area contributed by atoms with E-state index in [1.54, 1.807) is 31.4 Å². The van der Waals surface area contributed by atoms with Crippen molar-refractivity contribution in [3.05, 3.63) is 59.4 Å². The number of carbonyl (C=O) groups excluding carboxylic acids is 1. The highest BCUT2D eigenvalue weighted by Crippen LogP contribution is 2.24. The van der Waals surface area contributed by atoms with Crippen molar-refractivity contribution >= 4 is 18.3 Å². The second-order valence-electron chi connectivity index (χ2n) is 5.33. The number of hydrogen-bond donors (Lipinski definition) is 2. The predicted molar refractivity (Wildman–Crippen MR) is 96.1 cm³/mol. The number of carbonyl (C=O) groups is 1. The maximum atomic E-state index is 13.3. The van der Waals surface area contributed by atoms with E-state index in [1.807, 2.05) is 0 Å². The summed E-state index contributed by atoms with van der Waals surface area (Å²) in [5, 5.41) is 5.85. The van der Waals surface area contributed by atoms with Crippen LogP contribution in [0.4, 0.5) is 13.2 Å². The Morgan fingerprint density at radius 2 is 1.58 bits per heavy atom. The molecule has 0 aliphatic heterocycles. The fraction of sp³-hybridized carbons (Fsp3) is 0.278. The van der Waals surface area contributed by atoms with Crippen LogP contribution in [0.3, 0.4) is 0 Å². The minimum absolute atomic E-state index is 0. The van der Waals surface area contributed by atoms with Gasteiger partial charge in [0.15, 0.2) is 17.5 Å². The molecule has 2 N–H and O–H groups in total. The van der Waals surface area contributed by atoms with E-state index < -0.39 is 17.5 Å². The summed E-state index contributed by atoms with van der Waals surface area (Å²) >= 11 is 0. The molecule has 0 saturated heterocycles. The van der Waals surface area contributed by atoms with Crippen LogP contribution in [0.15, 0.2) is 36.4 Å². The molecule has 8 heteroatoms. The Morgan fingerprint density at radius 1 is 0.962 bits per heavy atom. The van der Waals surface area contributed by atoms with Crippen molar-refractivity contribution < 1.29 is 22.7 Å². The summed E-state index contributed by atoms with van der Waals surface area (Å²) in [6.45, 7) is 2.37. The van der Waals surface area contributed by atoms with Crippen molar-refractivity contribution in [3.63, 3.8) is 0 Å². The number of ether oxygens (including phenoxy) is 1. The van der Waals surface area contributed by atoms with E-state index in [0.717, 1.165) is 12.1 Å². The first-order valence-corrected chi connectivity index (χ1v) is 7.75. The summed E-state index contributed by atoms with van der Waals surface area (Å²) in [5.74, 6) is -4.26. The number of hydrogen-bond acceptors (Lipinski definition) is 3. The summed E-state index contributed by atoms with van der Waals surface area (Å²) < 4.78 is 44.5. The molecule has 26 heavy (non-hydrogen) atoms. The first kappa shape index (κ1) is 22.0. The standard InChI is InChI=1S/C18H19F3N2O2.ClH/c1-25-9-8-22-6-7-23-18(24)13-4-2-12(3-5-13)14-10-15(19)17(21)16(20)11-14;/h2-5,10-11,22H,6-9H2,1H3,(H,23,24);1H. The Morgan fingerprint density at radius 3 is 2.15 bits per heavy atom. The van der Waals surface area contributed by atoms with Crippen molar-refractivity contribution in [1.82, 2.24) is 10.6 Å². The molecular weight excluding hydrogens is 369 g/mol. The van der Waals surface area contributed by atoms with Gasteiger partial charge in [0.1, 0.15) is 0 Å². The zero-order chi connectivity index (χ0) is 18.2. The molecule has 0 fully saturated rings. The van der Waals surface area contributed by atoms with Crippen LogP contribution in [-0.2, 0) is 4.74 Å². The first-order valence-electron chi connectivity index (χ1n) is 7.75. The Kier molecular flexibility index (Phi) is 9.12. The maximum absolute atomic E-state index is 13.3. The third-order valence-electron chi connectivity index (χ3n) is 3.53. The number of benzene rings is 2. The van der Waals surface area contributed by atoms with Gasteiger partial charge in [0.25, 0.3) is 5.91 Å². The minimum Gasteiger partial charge on any atom is -0.383 e. The molecule has 0 aliphatic carbocycles. The Labute approximate surface area is 156 Å². The first-order chi connectivity index (χ1) is 12.0. The van der Waals surface area contributed by atoms with Crippen LogP contribution in [0.2, 0.25) is 0 Å². The summed E-state index contributed by atoms with van der Waals surface area (Å²) in [7, 11) is 1.61. The number of methoxy groups -OCH3 is 1. The number of nitrogens with one attached hydrogen (secondary N) is 2. The second kappa shape index (κ2) is 10.8. The van der Waals surface area contributed by atoms with Crippen LogP contribution >= 0.6 is 12.4 Å². The molecule has 0 atom stereocenters. The zero-order valence-corrected chi connectivity index (χ0v) is 15.0. The van der Waals surface area contributed by atoms with E-state index in [2.05, 4.69) is 10.6 Å². The summed E-state index contributed by atoms with van der Waals surface area (Å²) in [6.07, 6.45) is 0. The van der Waals surface area contributed by atoms with Crippen LogP contribution in [-0.4, -0.2) is 39.3 Å². The van der Waals surface area contributed by atoms with Gasteiger partial charge in [-0.2, -0.15) is 0 Å². The molecule has 0 bridgehead atoms. The van der Waals surface area contributed by atoms with Crippen molar-refractivity contribution in [2.75, 3.05) is 33.4 Å². The number of halogens is 4. The fourth-order valence-electron chi connectivity index (χ4n) is 2.20. The van der Waals surface area contributed by atoms with E-state index >= 15 is 0 Å². The summed E-state index contributed by atoms with van der Waals surface area (Å²) in [5.41, 5.74) is 1.10. The van der Waals surface area contributed by atoms with Gasteiger partial charge >= 0.3 is 0 Å². The lowest BCUT2D eigenvalue weighted by Gasteiger charge is -2.08. The predicted octanol–water partition coefficient (Wildman–Crippen LogP) is 3.16. The highest BCUT2D eigenvalue weighted by molar-refractivity contribution is 5.94. The van der Waals surface area contributed by atoms with Crippen LogP contribution in [0, 0.1) is 17.5 Å². The third kappa shape index (κ3) is 6.01. The average Bonchev–Trinajstić information content (AvgIpc) is 2.62. The molecule has 0 radical (unpaired) electrons. The molecule has 0 aliphatic rings. The molecule has 0 aromatic heterocycles. The summed E-state index contributed by atoms with van der Waals surface area (Å²) in [6, 6.07) is 8.03. The largest absolute Gasteiger partial charge is 0.383 e. The fourth-order valence-corrected chi connectivity index (χ4v) is 2.20. The smallest absolute Gasteiger partial charge is 0.251 e. The molecule has 2 aromatic carbocycles. The van der Waals surface area contributed by atoms with E-state index in [4.69, 9.17) is 4.74 Å². The molecular formula is C18H20ClF3N2O2. The van der Waals surface area contributed by atoms with Gasteiger partial charge in [-0.1, -0.05) is 12.1 Å². The molecule has 0 heterocycles. The quantitative estimate of drug-likeness (QED) is 0.539. The normalized spacial score (nSPS) is 10.3. The molecule has 1 amide bonds. The molecule has 0 spiro atoms. The highest BCUT2D eigenvalue weighted by Gasteiger charge is 2.12. The van der Waals surface area contributed by atoms with Crippen LogP contribution in [0.25, 0.3) is 11.1 Å². The van der Waals surface area contributed by atoms with E-state index in [1.165, 1.54) is 0 Å². The minimum atomic E-state index is -1.50. The average molecular weight is 389 g/mol. The van der Waals surface area contributed by atoms with Crippen LogP contribution < -0.4 is 10.6 Å². The Hall–Kier alpha value is -2.09. The zero-order valence-electron chi connectivity index (χ0n) is 14.2. The van der Waals surface area contributed by atoms with Gasteiger partial charge in [-0.3, -0.25) is 4.79 Å².